The minimum absolute atomic E-state index is 0.0358. The van der Waals surface area contributed by atoms with Crippen molar-refractivity contribution in [1.82, 2.24) is 33.6 Å². The number of aromatic nitrogens is 7. The number of halogens is 1. The normalized spacial score (nSPS) is 22.4. The second kappa shape index (κ2) is 9.15. The number of alkyl halides is 1. The van der Waals surface area contributed by atoms with Gasteiger partial charge in [-0.25, -0.2) is 29.1 Å². The highest BCUT2D eigenvalue weighted by Crippen LogP contribution is 2.58. The van der Waals surface area contributed by atoms with Gasteiger partial charge in [-0.15, -0.1) is 11.3 Å². The lowest BCUT2D eigenvalue weighted by atomic mass is 10.2. The molecule has 0 aromatic carbocycles. The molecule has 208 valence electrons. The summed E-state index contributed by atoms with van der Waals surface area (Å²) < 4.78 is 17.5. The maximum absolute atomic E-state index is 14.1. The second-order valence-corrected chi connectivity index (χ2v) is 11.4. The van der Waals surface area contributed by atoms with Crippen LogP contribution >= 0.6 is 11.3 Å². The third-order valence-corrected chi connectivity index (χ3v) is 8.71. The van der Waals surface area contributed by atoms with E-state index in [4.69, 9.17) is 0 Å². The average Bonchev–Trinajstić information content (AvgIpc) is 3.51. The molecule has 40 heavy (non-hydrogen) atoms. The number of amides is 1. The van der Waals surface area contributed by atoms with Crippen molar-refractivity contribution >= 4 is 46.0 Å². The Labute approximate surface area is 230 Å². The zero-order valence-corrected chi connectivity index (χ0v) is 23.0. The fourth-order valence-electron chi connectivity index (χ4n) is 5.34. The summed E-state index contributed by atoms with van der Waals surface area (Å²) in [6.45, 7) is 5.35. The first-order valence-electron chi connectivity index (χ1n) is 12.7. The minimum atomic E-state index is -1.08. The molecule has 13 nitrogen and oxygen atoms in total. The van der Waals surface area contributed by atoms with Crippen molar-refractivity contribution in [2.45, 2.75) is 39.0 Å². The Morgan fingerprint density at radius 3 is 2.52 bits per heavy atom. The molecular formula is C25H26FN9O4S. The summed E-state index contributed by atoms with van der Waals surface area (Å²) >= 11 is 1.30. The summed E-state index contributed by atoms with van der Waals surface area (Å²) in [5, 5.41) is 5.03. The molecule has 3 atom stereocenters. The maximum atomic E-state index is 14.1. The minimum Gasteiger partial charge on any atom is -0.340 e. The summed E-state index contributed by atoms with van der Waals surface area (Å²) in [4.78, 5) is 69.9. The number of piperidine rings is 1. The zero-order chi connectivity index (χ0) is 28.5. The predicted molar refractivity (Wildman–Crippen MR) is 145 cm³/mol. The molecule has 6 rings (SSSR count). The van der Waals surface area contributed by atoms with Crippen molar-refractivity contribution in [3.05, 3.63) is 44.9 Å². The number of aryl methyl sites for hydroxylation is 1. The highest BCUT2D eigenvalue weighted by atomic mass is 32.1. The Morgan fingerprint density at radius 1 is 1.20 bits per heavy atom. The van der Waals surface area contributed by atoms with Crippen LogP contribution in [0.5, 0.6) is 0 Å². The van der Waals surface area contributed by atoms with E-state index in [2.05, 4.69) is 25.3 Å². The summed E-state index contributed by atoms with van der Waals surface area (Å²) in [5.41, 5.74) is -1.62. The predicted octanol–water partition coefficient (Wildman–Crippen LogP) is 1.39. The number of carbonyl (C=O) groups excluding carboxylic acids is 2. The largest absolute Gasteiger partial charge is 0.340 e. The molecule has 1 aliphatic heterocycles. The molecular weight excluding hydrogens is 541 g/mol. The summed E-state index contributed by atoms with van der Waals surface area (Å²) in [5.74, 6) is 0.133. The Balaban J connectivity index is 1.18. The molecule has 4 aromatic rings. The lowest BCUT2D eigenvalue weighted by molar-refractivity contribution is -0.119. The molecule has 4 aromatic heterocycles. The molecule has 2 unspecified atom stereocenters. The molecule has 1 saturated carbocycles. The molecule has 15 heteroatoms. The number of thiazole rings is 1. The molecule has 1 N–H and O–H groups in total. The van der Waals surface area contributed by atoms with Gasteiger partial charge in [0.15, 0.2) is 11.2 Å². The van der Waals surface area contributed by atoms with Gasteiger partial charge in [0.25, 0.3) is 5.56 Å². The highest BCUT2D eigenvalue weighted by molar-refractivity contribution is 7.13. The first-order chi connectivity index (χ1) is 19.0. The summed E-state index contributed by atoms with van der Waals surface area (Å²) in [6, 6.07) is -0.883. The monoisotopic (exact) mass is 567 g/mol. The number of nitrogens with one attached hydrogen (secondary N) is 1. The zero-order valence-electron chi connectivity index (χ0n) is 22.2. The number of nitrogens with zero attached hydrogens (tertiary/aromatic N) is 8. The molecule has 1 amide bonds. The number of Topliss-reactive ketones (excluding diaryl/α,β-unsaturated/α-hetero) is 1. The SMILES string of the molecule is CC(=O)Cn1c(=O)c2c(ncn2[C@@H](C)C(=O)Nc2csc(-c3cnc(N4CC5C(C4)C5(C)F)nc3)n2)n(C)c1=O. The van der Waals surface area contributed by atoms with Gasteiger partial charge in [0.05, 0.1) is 12.9 Å². The van der Waals surface area contributed by atoms with Crippen LogP contribution in [-0.2, 0) is 23.2 Å². The smallest absolute Gasteiger partial charge is 0.332 e. The van der Waals surface area contributed by atoms with Gasteiger partial charge in [0.2, 0.25) is 11.9 Å². The fraction of sp³-hybridized carbons (Fsp3) is 0.440. The number of rotatable bonds is 7. The van der Waals surface area contributed by atoms with E-state index in [1.165, 1.54) is 40.8 Å². The van der Waals surface area contributed by atoms with Crippen molar-refractivity contribution in [2.24, 2.45) is 18.9 Å². The van der Waals surface area contributed by atoms with E-state index in [1.807, 2.05) is 4.90 Å². The number of imidazole rings is 1. The van der Waals surface area contributed by atoms with Gasteiger partial charge in [-0.2, -0.15) is 0 Å². The van der Waals surface area contributed by atoms with Crippen LogP contribution < -0.4 is 21.5 Å². The van der Waals surface area contributed by atoms with E-state index in [0.29, 0.717) is 35.4 Å². The molecule has 0 spiro atoms. The van der Waals surface area contributed by atoms with Gasteiger partial charge in [-0.3, -0.25) is 23.5 Å². The lowest BCUT2D eigenvalue weighted by Gasteiger charge is -2.20. The fourth-order valence-corrected chi connectivity index (χ4v) is 6.07. The quantitative estimate of drug-likeness (QED) is 0.350. The van der Waals surface area contributed by atoms with E-state index in [0.717, 1.165) is 4.57 Å². The van der Waals surface area contributed by atoms with Crippen molar-refractivity contribution in [3.8, 4) is 10.6 Å². The van der Waals surface area contributed by atoms with E-state index < -0.39 is 28.9 Å². The third kappa shape index (κ3) is 4.11. The molecule has 5 heterocycles. The van der Waals surface area contributed by atoms with Crippen LogP contribution in [0.15, 0.2) is 33.7 Å². The van der Waals surface area contributed by atoms with Gasteiger partial charge in [0.1, 0.15) is 28.3 Å². The third-order valence-electron chi connectivity index (χ3n) is 7.82. The van der Waals surface area contributed by atoms with Crippen molar-refractivity contribution in [3.63, 3.8) is 0 Å². The average molecular weight is 568 g/mol. The van der Waals surface area contributed by atoms with Crippen LogP contribution in [0.4, 0.5) is 16.2 Å². The standard InChI is InChI=1S/C25H26FN9O4S/c1-12(36)7-34-22(38)18-19(32(4)24(34)39)29-11-35(18)13(2)20(37)30-17-10-40-21(31-17)14-5-27-23(28-6-14)33-8-15-16(9-33)25(15,3)26/h5-6,10-11,13,15-16H,7-9H2,1-4H3,(H,30,37)/t13-,15?,16?,25?/m0/s1. The van der Waals surface area contributed by atoms with E-state index in [9.17, 15) is 23.6 Å². The first-order valence-corrected chi connectivity index (χ1v) is 13.5. The number of ketones is 1. The van der Waals surface area contributed by atoms with Crippen molar-refractivity contribution in [1.29, 1.82) is 0 Å². The first kappa shape index (κ1) is 26.0. The van der Waals surface area contributed by atoms with Crippen molar-refractivity contribution in [2.75, 3.05) is 23.3 Å². The highest BCUT2D eigenvalue weighted by Gasteiger charge is 2.67. The van der Waals surface area contributed by atoms with Crippen LogP contribution in [0.25, 0.3) is 21.7 Å². The Bertz CT molecular complexity index is 1770. The van der Waals surface area contributed by atoms with Gasteiger partial charge in [-0.1, -0.05) is 0 Å². The van der Waals surface area contributed by atoms with Crippen LogP contribution in [0.1, 0.15) is 26.8 Å². The number of fused-ring (bicyclic) bond motifs is 2. The van der Waals surface area contributed by atoms with E-state index >= 15 is 0 Å². The number of carbonyl (C=O) groups is 2. The molecule has 0 bridgehead atoms. The summed E-state index contributed by atoms with van der Waals surface area (Å²) in [6.07, 6.45) is 4.63. The number of hydrogen-bond acceptors (Lipinski definition) is 10. The van der Waals surface area contributed by atoms with E-state index in [1.54, 1.807) is 31.6 Å². The lowest BCUT2D eigenvalue weighted by Crippen LogP contribution is -2.41. The van der Waals surface area contributed by atoms with Crippen LogP contribution in [0.3, 0.4) is 0 Å². The molecule has 2 aliphatic rings. The number of hydrogen-bond donors (Lipinski definition) is 1. The van der Waals surface area contributed by atoms with Crippen molar-refractivity contribution < 1.29 is 14.0 Å². The number of anilines is 2. The Morgan fingerprint density at radius 2 is 1.88 bits per heavy atom. The Hall–Kier alpha value is -4.27. The molecule has 2 fully saturated rings. The van der Waals surface area contributed by atoms with Gasteiger partial charge >= 0.3 is 5.69 Å². The van der Waals surface area contributed by atoms with Gasteiger partial charge in [0, 0.05) is 55.3 Å². The molecule has 1 saturated heterocycles. The second-order valence-electron chi connectivity index (χ2n) is 10.5. The van der Waals surface area contributed by atoms with E-state index in [-0.39, 0.29) is 35.3 Å². The topological polar surface area (TPSA) is 150 Å². The van der Waals surface area contributed by atoms with Gasteiger partial charge in [-0.05, 0) is 20.8 Å². The van der Waals surface area contributed by atoms with Crippen LogP contribution in [-0.4, -0.2) is 64.1 Å². The molecule has 0 radical (unpaired) electrons. The molecule has 1 aliphatic carbocycles. The van der Waals surface area contributed by atoms with Gasteiger partial charge < -0.3 is 14.8 Å². The summed E-state index contributed by atoms with van der Waals surface area (Å²) in [7, 11) is 1.45. The van der Waals surface area contributed by atoms with Crippen LogP contribution in [0.2, 0.25) is 0 Å². The Kier molecular flexibility index (Phi) is 5.94. The maximum Gasteiger partial charge on any atom is 0.332 e. The van der Waals surface area contributed by atoms with Crippen LogP contribution in [0, 0.1) is 11.8 Å².